The summed E-state index contributed by atoms with van der Waals surface area (Å²) in [6.45, 7) is 2.11. The molecule has 21 heavy (non-hydrogen) atoms. The highest BCUT2D eigenvalue weighted by atomic mass is 32.2. The van der Waals surface area contributed by atoms with Crippen LogP contribution in [0.3, 0.4) is 0 Å². The maximum Gasteiger partial charge on any atom is 0.0852 e. The van der Waals surface area contributed by atoms with Crippen LogP contribution in [-0.2, 0) is 13.0 Å². The quantitative estimate of drug-likeness (QED) is 0.598. The molecule has 0 fully saturated rings. The van der Waals surface area contributed by atoms with Crippen LogP contribution in [0, 0.1) is 0 Å². The number of hydrogen-bond donors (Lipinski definition) is 3. The van der Waals surface area contributed by atoms with Gasteiger partial charge in [-0.05, 0) is 36.9 Å². The molecule has 2 aromatic rings. The Morgan fingerprint density at radius 2 is 1.67 bits per heavy atom. The van der Waals surface area contributed by atoms with Crippen molar-refractivity contribution in [2.75, 3.05) is 13.4 Å². The molecule has 0 amide bonds. The lowest BCUT2D eigenvalue weighted by molar-refractivity contribution is 0.276. The van der Waals surface area contributed by atoms with Gasteiger partial charge in [0.15, 0.2) is 0 Å². The molecule has 2 aromatic heterocycles. The van der Waals surface area contributed by atoms with Crippen LogP contribution in [0.2, 0.25) is 0 Å². The Hall–Kier alpha value is -1.08. The second-order valence-corrected chi connectivity index (χ2v) is 5.10. The van der Waals surface area contributed by atoms with Gasteiger partial charge in [0.25, 0.3) is 0 Å². The standard InChI is InChI=1S/C8H11NS.C6H7NOS.CH4O/c1-3-7-4-5-8(10-2)6-9-7;8-4-5-1-2-6(9)3-7-5;1-2/h4-6H,3H2,1-2H3;1-3,8-9H,4H2;2H,1H3. The zero-order valence-electron chi connectivity index (χ0n) is 12.5. The number of aliphatic hydroxyl groups is 2. The van der Waals surface area contributed by atoms with E-state index in [4.69, 9.17) is 10.2 Å². The normalized spacial score (nSPS) is 9.05. The van der Waals surface area contributed by atoms with Gasteiger partial charge in [0.1, 0.15) is 0 Å². The molecular weight excluding hydrogens is 304 g/mol. The van der Waals surface area contributed by atoms with E-state index in [2.05, 4.69) is 47.9 Å². The van der Waals surface area contributed by atoms with Gasteiger partial charge in [-0.25, -0.2) is 0 Å². The van der Waals surface area contributed by atoms with Gasteiger partial charge in [-0.2, -0.15) is 0 Å². The fourth-order valence-corrected chi connectivity index (χ4v) is 1.75. The highest BCUT2D eigenvalue weighted by Crippen LogP contribution is 2.12. The number of aliphatic hydroxyl groups excluding tert-OH is 2. The molecule has 0 aliphatic carbocycles. The van der Waals surface area contributed by atoms with Crippen molar-refractivity contribution in [3.05, 3.63) is 48.0 Å². The van der Waals surface area contributed by atoms with Crippen LogP contribution >= 0.6 is 24.4 Å². The smallest absolute Gasteiger partial charge is 0.0852 e. The Bertz CT molecular complexity index is 453. The minimum Gasteiger partial charge on any atom is -0.400 e. The highest BCUT2D eigenvalue weighted by Gasteiger charge is 1.90. The fraction of sp³-hybridized carbons (Fsp3) is 0.333. The molecule has 0 aromatic carbocycles. The van der Waals surface area contributed by atoms with Gasteiger partial charge in [0.05, 0.1) is 12.3 Å². The average molecular weight is 326 g/mol. The molecule has 0 saturated heterocycles. The third-order valence-electron chi connectivity index (χ3n) is 2.37. The van der Waals surface area contributed by atoms with Crippen LogP contribution in [0.25, 0.3) is 0 Å². The molecule has 0 bridgehead atoms. The molecule has 0 saturated carbocycles. The third kappa shape index (κ3) is 8.72. The number of thiol groups is 1. The summed E-state index contributed by atoms with van der Waals surface area (Å²) >= 11 is 5.75. The third-order valence-corrected chi connectivity index (χ3v) is 3.34. The second-order valence-electron chi connectivity index (χ2n) is 3.71. The monoisotopic (exact) mass is 326 g/mol. The molecule has 4 nitrogen and oxygen atoms in total. The molecule has 2 N–H and O–H groups in total. The van der Waals surface area contributed by atoms with Crippen molar-refractivity contribution >= 4 is 24.4 Å². The van der Waals surface area contributed by atoms with Gasteiger partial charge in [0.2, 0.25) is 0 Å². The number of nitrogens with zero attached hydrogens (tertiary/aromatic N) is 2. The van der Waals surface area contributed by atoms with Gasteiger partial charge in [-0.1, -0.05) is 6.92 Å². The summed E-state index contributed by atoms with van der Waals surface area (Å²) in [7, 11) is 1.00. The van der Waals surface area contributed by atoms with Gasteiger partial charge in [0, 0.05) is 35.0 Å². The van der Waals surface area contributed by atoms with E-state index in [1.165, 1.54) is 4.90 Å². The molecule has 0 aliphatic heterocycles. The van der Waals surface area contributed by atoms with E-state index in [9.17, 15) is 0 Å². The molecule has 0 atom stereocenters. The summed E-state index contributed by atoms with van der Waals surface area (Å²) in [4.78, 5) is 10.2. The number of aromatic nitrogens is 2. The van der Waals surface area contributed by atoms with Crippen molar-refractivity contribution in [3.63, 3.8) is 0 Å². The maximum absolute atomic E-state index is 8.54. The molecule has 0 unspecified atom stereocenters. The molecule has 0 spiro atoms. The van der Waals surface area contributed by atoms with Crippen molar-refractivity contribution < 1.29 is 10.2 Å². The predicted octanol–water partition coefficient (Wildman–Crippen LogP) is 2.84. The molecule has 6 heteroatoms. The van der Waals surface area contributed by atoms with E-state index >= 15 is 0 Å². The van der Waals surface area contributed by atoms with Gasteiger partial charge in [-0.15, -0.1) is 24.4 Å². The lowest BCUT2D eigenvalue weighted by Gasteiger charge is -1.96. The van der Waals surface area contributed by atoms with Crippen molar-refractivity contribution in [3.8, 4) is 0 Å². The van der Waals surface area contributed by atoms with E-state index < -0.39 is 0 Å². The van der Waals surface area contributed by atoms with Crippen LogP contribution in [0.15, 0.2) is 46.5 Å². The first-order valence-electron chi connectivity index (χ1n) is 6.38. The number of rotatable bonds is 3. The summed E-state index contributed by atoms with van der Waals surface area (Å²) in [5.74, 6) is 0. The molecular formula is C15H22N2O2S2. The van der Waals surface area contributed by atoms with E-state index in [1.807, 2.05) is 6.20 Å². The average Bonchev–Trinajstić information content (AvgIpc) is 2.58. The largest absolute Gasteiger partial charge is 0.400 e. The lowest BCUT2D eigenvalue weighted by Crippen LogP contribution is -1.85. The Labute approximate surface area is 136 Å². The fourth-order valence-electron chi connectivity index (χ4n) is 1.25. The topological polar surface area (TPSA) is 66.2 Å². The molecule has 116 valence electrons. The maximum atomic E-state index is 8.54. The first-order chi connectivity index (χ1) is 10.2. The number of thioether (sulfide) groups is 1. The summed E-state index contributed by atoms with van der Waals surface area (Å²) in [6.07, 6.45) is 6.61. The van der Waals surface area contributed by atoms with E-state index in [0.29, 0.717) is 5.69 Å². The van der Waals surface area contributed by atoms with Crippen molar-refractivity contribution in [2.45, 2.75) is 29.7 Å². The van der Waals surface area contributed by atoms with Crippen molar-refractivity contribution in [2.24, 2.45) is 0 Å². The molecule has 0 radical (unpaired) electrons. The van der Waals surface area contributed by atoms with E-state index in [-0.39, 0.29) is 6.61 Å². The Kier molecular flexibility index (Phi) is 12.0. The Balaban J connectivity index is 0.000000342. The summed E-state index contributed by atoms with van der Waals surface area (Å²) in [5.41, 5.74) is 1.84. The SMILES string of the molecule is CCc1ccc(SC)cn1.CO.OCc1ccc(S)cn1. The van der Waals surface area contributed by atoms with Gasteiger partial charge >= 0.3 is 0 Å². The van der Waals surface area contributed by atoms with E-state index in [0.717, 1.165) is 24.1 Å². The second kappa shape index (κ2) is 12.6. The molecule has 2 heterocycles. The van der Waals surface area contributed by atoms with Crippen LogP contribution in [-0.4, -0.2) is 33.5 Å². The molecule has 2 rings (SSSR count). The first-order valence-corrected chi connectivity index (χ1v) is 8.05. The first kappa shape index (κ1) is 19.9. The van der Waals surface area contributed by atoms with Crippen LogP contribution in [0.5, 0.6) is 0 Å². The predicted molar refractivity (Wildman–Crippen MR) is 91.0 cm³/mol. The Morgan fingerprint density at radius 3 is 2.05 bits per heavy atom. The van der Waals surface area contributed by atoms with Crippen LogP contribution in [0.1, 0.15) is 18.3 Å². The summed E-state index contributed by atoms with van der Waals surface area (Å²) < 4.78 is 0. The van der Waals surface area contributed by atoms with E-state index in [1.54, 1.807) is 30.1 Å². The zero-order valence-corrected chi connectivity index (χ0v) is 14.2. The number of aryl methyl sites for hydroxylation is 1. The number of pyridine rings is 2. The lowest BCUT2D eigenvalue weighted by atomic mass is 10.3. The minimum absolute atomic E-state index is 0.00590. The summed E-state index contributed by atoms with van der Waals surface area (Å²) in [6, 6.07) is 7.71. The van der Waals surface area contributed by atoms with Crippen molar-refractivity contribution in [1.82, 2.24) is 9.97 Å². The highest BCUT2D eigenvalue weighted by molar-refractivity contribution is 7.98. The van der Waals surface area contributed by atoms with Crippen LogP contribution < -0.4 is 0 Å². The van der Waals surface area contributed by atoms with Gasteiger partial charge in [-0.3, -0.25) is 9.97 Å². The van der Waals surface area contributed by atoms with Crippen LogP contribution in [0.4, 0.5) is 0 Å². The summed E-state index contributed by atoms with van der Waals surface area (Å²) in [5, 5.41) is 15.5. The zero-order chi connectivity index (χ0) is 16.1. The Morgan fingerprint density at radius 1 is 1.05 bits per heavy atom. The van der Waals surface area contributed by atoms with Crippen molar-refractivity contribution in [1.29, 1.82) is 0 Å². The minimum atomic E-state index is -0.00590. The van der Waals surface area contributed by atoms with Gasteiger partial charge < -0.3 is 10.2 Å². The molecule has 0 aliphatic rings. The number of hydrogen-bond acceptors (Lipinski definition) is 6.